The summed E-state index contributed by atoms with van der Waals surface area (Å²) < 4.78 is 13.9. The number of rotatable bonds is 4. The van der Waals surface area contributed by atoms with Crippen molar-refractivity contribution in [3.8, 4) is 0 Å². The summed E-state index contributed by atoms with van der Waals surface area (Å²) in [6.07, 6.45) is 2.95. The van der Waals surface area contributed by atoms with Crippen molar-refractivity contribution in [1.82, 2.24) is 5.32 Å². The summed E-state index contributed by atoms with van der Waals surface area (Å²) in [4.78, 5) is 22.1. The molecule has 1 amide bonds. The summed E-state index contributed by atoms with van der Waals surface area (Å²) in [5.41, 5.74) is -1.63. The molecule has 1 aliphatic rings. The lowest BCUT2D eigenvalue weighted by molar-refractivity contribution is -0.385. The van der Waals surface area contributed by atoms with E-state index < -0.39 is 22.2 Å². The summed E-state index contributed by atoms with van der Waals surface area (Å²) in [7, 11) is 0. The van der Waals surface area contributed by atoms with Crippen LogP contribution in [0.3, 0.4) is 0 Å². The maximum atomic E-state index is 13.9. The Morgan fingerprint density at radius 3 is 2.67 bits per heavy atom. The topological polar surface area (TPSA) is 92.5 Å². The number of non-ortho nitro benzene ring substituents is 1. The lowest BCUT2D eigenvalue weighted by Crippen LogP contribution is -2.41. The van der Waals surface area contributed by atoms with Crippen LogP contribution < -0.4 is 5.32 Å². The highest BCUT2D eigenvalue weighted by molar-refractivity contribution is 5.95. The number of aryl methyl sites for hydroxylation is 1. The molecule has 21 heavy (non-hydrogen) atoms. The molecule has 0 aliphatic heterocycles. The maximum absolute atomic E-state index is 13.9. The fourth-order valence-corrected chi connectivity index (χ4v) is 2.57. The molecule has 6 nitrogen and oxygen atoms in total. The number of nitro groups is 1. The Balaban J connectivity index is 2.16. The second-order valence-electron chi connectivity index (χ2n) is 5.50. The monoisotopic (exact) mass is 296 g/mol. The highest BCUT2D eigenvalue weighted by atomic mass is 19.1. The second-order valence-corrected chi connectivity index (χ2v) is 5.50. The van der Waals surface area contributed by atoms with Crippen LogP contribution in [0, 0.1) is 22.9 Å². The van der Waals surface area contributed by atoms with Crippen LogP contribution >= 0.6 is 0 Å². The normalized spacial score (nSPS) is 16.7. The number of halogens is 1. The lowest BCUT2D eigenvalue weighted by atomic mass is 10.0. The molecule has 1 aromatic rings. The zero-order chi connectivity index (χ0) is 15.6. The molecule has 0 saturated heterocycles. The third-order valence-corrected chi connectivity index (χ3v) is 3.81. The molecule has 1 aromatic carbocycles. The number of benzene rings is 1. The van der Waals surface area contributed by atoms with Gasteiger partial charge in [-0.1, -0.05) is 12.8 Å². The van der Waals surface area contributed by atoms with Gasteiger partial charge in [0.2, 0.25) is 0 Å². The molecule has 114 valence electrons. The van der Waals surface area contributed by atoms with E-state index in [4.69, 9.17) is 0 Å². The van der Waals surface area contributed by atoms with Crippen molar-refractivity contribution < 1.29 is 19.2 Å². The van der Waals surface area contributed by atoms with E-state index in [1.807, 2.05) is 0 Å². The molecule has 0 radical (unpaired) electrons. The van der Waals surface area contributed by atoms with Gasteiger partial charge in [-0.3, -0.25) is 14.9 Å². The standard InChI is InChI=1S/C14H17FN2O4/c1-9-6-10(17(20)21)7-11(12(9)15)13(18)16-8-14(19)4-2-3-5-14/h6-7,19H,2-5,8H2,1H3,(H,16,18). The highest BCUT2D eigenvalue weighted by Crippen LogP contribution is 2.29. The minimum Gasteiger partial charge on any atom is -0.388 e. The van der Waals surface area contributed by atoms with Gasteiger partial charge in [0.1, 0.15) is 5.82 Å². The van der Waals surface area contributed by atoms with Crippen molar-refractivity contribution >= 4 is 11.6 Å². The third-order valence-electron chi connectivity index (χ3n) is 3.81. The average Bonchev–Trinajstić information content (AvgIpc) is 2.86. The minimum atomic E-state index is -0.956. The van der Waals surface area contributed by atoms with E-state index in [1.165, 1.54) is 6.92 Å². The molecule has 0 unspecified atom stereocenters. The molecule has 7 heteroatoms. The van der Waals surface area contributed by atoms with Crippen molar-refractivity contribution in [2.75, 3.05) is 6.54 Å². The largest absolute Gasteiger partial charge is 0.388 e. The van der Waals surface area contributed by atoms with Crippen molar-refractivity contribution in [2.45, 2.75) is 38.2 Å². The zero-order valence-electron chi connectivity index (χ0n) is 11.7. The van der Waals surface area contributed by atoms with Crippen LogP contribution in [0.15, 0.2) is 12.1 Å². The van der Waals surface area contributed by atoms with Crippen molar-refractivity contribution in [3.63, 3.8) is 0 Å². The third kappa shape index (κ3) is 3.36. The highest BCUT2D eigenvalue weighted by Gasteiger charge is 2.32. The maximum Gasteiger partial charge on any atom is 0.270 e. The van der Waals surface area contributed by atoms with Gasteiger partial charge in [-0.05, 0) is 25.3 Å². The number of hydrogen-bond donors (Lipinski definition) is 2. The average molecular weight is 296 g/mol. The van der Waals surface area contributed by atoms with Gasteiger partial charge in [0, 0.05) is 18.7 Å². The number of nitrogens with one attached hydrogen (secondary N) is 1. The SMILES string of the molecule is Cc1cc([N+](=O)[O-])cc(C(=O)NCC2(O)CCCC2)c1F. The predicted octanol–water partition coefficient (Wildman–Crippen LogP) is 2.08. The van der Waals surface area contributed by atoms with Crippen LogP contribution in [0.5, 0.6) is 0 Å². The summed E-state index contributed by atoms with van der Waals surface area (Å²) in [5, 5.41) is 23.4. The number of amides is 1. The number of nitro benzene ring substituents is 1. The van der Waals surface area contributed by atoms with Gasteiger partial charge in [-0.15, -0.1) is 0 Å². The number of nitrogens with zero attached hydrogens (tertiary/aromatic N) is 1. The molecular formula is C14H17FN2O4. The summed E-state index contributed by atoms with van der Waals surface area (Å²) in [5.74, 6) is -1.53. The fourth-order valence-electron chi connectivity index (χ4n) is 2.57. The molecular weight excluding hydrogens is 279 g/mol. The van der Waals surface area contributed by atoms with Crippen molar-refractivity contribution in [1.29, 1.82) is 0 Å². The first-order valence-electron chi connectivity index (χ1n) is 6.77. The summed E-state index contributed by atoms with van der Waals surface area (Å²) in [6.45, 7) is 1.39. The minimum absolute atomic E-state index is 0.0208. The van der Waals surface area contributed by atoms with Crippen molar-refractivity contribution in [2.24, 2.45) is 0 Å². The van der Waals surface area contributed by atoms with Gasteiger partial charge in [0.15, 0.2) is 0 Å². The van der Waals surface area contributed by atoms with Gasteiger partial charge in [-0.25, -0.2) is 4.39 Å². The quantitative estimate of drug-likeness (QED) is 0.657. The molecule has 1 saturated carbocycles. The molecule has 0 aromatic heterocycles. The predicted molar refractivity (Wildman–Crippen MR) is 73.5 cm³/mol. The Bertz CT molecular complexity index is 583. The molecule has 1 fully saturated rings. The van der Waals surface area contributed by atoms with Crippen LogP contribution in [-0.4, -0.2) is 28.1 Å². The Hall–Kier alpha value is -2.02. The van der Waals surface area contributed by atoms with E-state index in [1.54, 1.807) is 0 Å². The molecule has 0 atom stereocenters. The smallest absolute Gasteiger partial charge is 0.270 e. The van der Waals surface area contributed by atoms with Crippen LogP contribution in [0.2, 0.25) is 0 Å². The molecule has 0 spiro atoms. The van der Waals surface area contributed by atoms with E-state index >= 15 is 0 Å². The van der Waals surface area contributed by atoms with Crippen LogP contribution in [0.25, 0.3) is 0 Å². The van der Waals surface area contributed by atoms with Crippen molar-refractivity contribution in [3.05, 3.63) is 39.2 Å². The Labute approximate surface area is 121 Å². The first-order valence-corrected chi connectivity index (χ1v) is 6.77. The first-order chi connectivity index (χ1) is 9.82. The van der Waals surface area contributed by atoms with E-state index in [9.17, 15) is 24.4 Å². The first kappa shape index (κ1) is 15.4. The van der Waals surface area contributed by atoms with Gasteiger partial charge in [-0.2, -0.15) is 0 Å². The number of carbonyl (C=O) groups excluding carboxylic acids is 1. The Morgan fingerprint density at radius 2 is 2.10 bits per heavy atom. The van der Waals surface area contributed by atoms with Crippen LogP contribution in [0.1, 0.15) is 41.6 Å². The van der Waals surface area contributed by atoms with Gasteiger partial charge in [0.05, 0.1) is 16.1 Å². The van der Waals surface area contributed by atoms with Crippen LogP contribution in [-0.2, 0) is 0 Å². The van der Waals surface area contributed by atoms with E-state index in [0.717, 1.165) is 25.0 Å². The van der Waals surface area contributed by atoms with E-state index in [2.05, 4.69) is 5.32 Å². The zero-order valence-corrected chi connectivity index (χ0v) is 11.7. The number of aliphatic hydroxyl groups is 1. The Morgan fingerprint density at radius 1 is 1.48 bits per heavy atom. The van der Waals surface area contributed by atoms with Gasteiger partial charge < -0.3 is 10.4 Å². The summed E-state index contributed by atoms with van der Waals surface area (Å²) >= 11 is 0. The molecule has 2 N–H and O–H groups in total. The second kappa shape index (κ2) is 5.77. The summed E-state index contributed by atoms with van der Waals surface area (Å²) in [6, 6.07) is 1.99. The van der Waals surface area contributed by atoms with Crippen LogP contribution in [0.4, 0.5) is 10.1 Å². The van der Waals surface area contributed by atoms with E-state index in [-0.39, 0.29) is 23.4 Å². The molecule has 0 bridgehead atoms. The van der Waals surface area contributed by atoms with Gasteiger partial charge in [0.25, 0.3) is 11.6 Å². The molecule has 0 heterocycles. The van der Waals surface area contributed by atoms with Gasteiger partial charge >= 0.3 is 0 Å². The molecule has 1 aliphatic carbocycles. The fraction of sp³-hybridized carbons (Fsp3) is 0.500. The number of hydrogen-bond acceptors (Lipinski definition) is 4. The molecule has 2 rings (SSSR count). The lowest BCUT2D eigenvalue weighted by Gasteiger charge is -2.22. The number of carbonyl (C=O) groups is 1. The van der Waals surface area contributed by atoms with E-state index in [0.29, 0.717) is 12.8 Å². The Kier molecular flexibility index (Phi) is 4.22.